The van der Waals surface area contributed by atoms with Gasteiger partial charge in [0, 0.05) is 6.42 Å². The molecule has 3 rings (SSSR count). The SMILES string of the molecule is CCCC1=Cc2c(ccc(C(C)(C)C)c2-c2cc(C(C)C)cc(C(C)C)c2)[CH]1. The van der Waals surface area contributed by atoms with Crippen LogP contribution in [0.3, 0.4) is 0 Å². The van der Waals surface area contributed by atoms with Gasteiger partial charge in [-0.05, 0) is 62.6 Å². The first kappa shape index (κ1) is 20.9. The van der Waals surface area contributed by atoms with E-state index in [2.05, 4.69) is 98.2 Å². The second-order valence-electron chi connectivity index (χ2n) is 10.1. The van der Waals surface area contributed by atoms with Crippen LogP contribution in [-0.4, -0.2) is 0 Å². The summed E-state index contributed by atoms with van der Waals surface area (Å²) in [5.74, 6) is 1.06. The molecule has 0 saturated heterocycles. The van der Waals surface area contributed by atoms with E-state index < -0.39 is 0 Å². The van der Waals surface area contributed by atoms with Crippen LogP contribution < -0.4 is 0 Å². The zero-order chi connectivity index (χ0) is 20.6. The molecule has 0 amide bonds. The molecular weight excluding hydrogens is 336 g/mol. The van der Waals surface area contributed by atoms with Gasteiger partial charge in [0.25, 0.3) is 0 Å². The van der Waals surface area contributed by atoms with Gasteiger partial charge in [-0.1, -0.05) is 104 Å². The van der Waals surface area contributed by atoms with Crippen molar-refractivity contribution in [3.63, 3.8) is 0 Å². The summed E-state index contributed by atoms with van der Waals surface area (Å²) >= 11 is 0. The number of fused-ring (bicyclic) bond motifs is 1. The van der Waals surface area contributed by atoms with Crippen molar-refractivity contribution in [2.24, 2.45) is 0 Å². The molecule has 0 nitrogen and oxygen atoms in total. The standard InChI is InChI=1S/C28H37/c1-9-10-20-13-21-11-12-26(28(6,7)8)27(25(21)14-20)24-16-22(18(2)3)15-23(17-24)19(4)5/h11-19H,9-10H2,1-8H3. The van der Waals surface area contributed by atoms with E-state index in [0.29, 0.717) is 11.8 Å². The van der Waals surface area contributed by atoms with Crippen LogP contribution in [0.1, 0.15) is 108 Å². The van der Waals surface area contributed by atoms with Gasteiger partial charge in [-0.25, -0.2) is 0 Å². The van der Waals surface area contributed by atoms with Gasteiger partial charge in [-0.2, -0.15) is 0 Å². The Bertz CT molecular complexity index is 859. The molecule has 1 aliphatic rings. The summed E-state index contributed by atoms with van der Waals surface area (Å²) in [6.45, 7) is 18.5. The molecule has 0 unspecified atom stereocenters. The third-order valence-electron chi connectivity index (χ3n) is 5.90. The average Bonchev–Trinajstić information content (AvgIpc) is 3.02. The van der Waals surface area contributed by atoms with Gasteiger partial charge in [0.15, 0.2) is 0 Å². The van der Waals surface area contributed by atoms with E-state index in [-0.39, 0.29) is 5.41 Å². The monoisotopic (exact) mass is 373 g/mol. The topological polar surface area (TPSA) is 0 Å². The van der Waals surface area contributed by atoms with E-state index in [4.69, 9.17) is 0 Å². The maximum atomic E-state index is 2.44. The maximum Gasteiger partial charge on any atom is 0.0164 e. The zero-order valence-corrected chi connectivity index (χ0v) is 19.1. The van der Waals surface area contributed by atoms with Gasteiger partial charge >= 0.3 is 0 Å². The predicted molar refractivity (Wildman–Crippen MR) is 125 cm³/mol. The van der Waals surface area contributed by atoms with Crippen molar-refractivity contribution >= 4 is 6.08 Å². The van der Waals surface area contributed by atoms with E-state index >= 15 is 0 Å². The van der Waals surface area contributed by atoms with Crippen LogP contribution >= 0.6 is 0 Å². The molecule has 0 N–H and O–H groups in total. The summed E-state index contributed by atoms with van der Waals surface area (Å²) in [7, 11) is 0. The van der Waals surface area contributed by atoms with Gasteiger partial charge < -0.3 is 0 Å². The first-order valence-electron chi connectivity index (χ1n) is 11.0. The number of benzene rings is 2. The smallest absolute Gasteiger partial charge is 0.0164 e. The Morgan fingerprint density at radius 3 is 1.96 bits per heavy atom. The Balaban J connectivity index is 2.31. The average molecular weight is 374 g/mol. The van der Waals surface area contributed by atoms with E-state index in [1.54, 1.807) is 0 Å². The van der Waals surface area contributed by atoms with E-state index in [1.165, 1.54) is 50.9 Å². The minimum absolute atomic E-state index is 0.109. The molecule has 0 spiro atoms. The van der Waals surface area contributed by atoms with Crippen LogP contribution in [-0.2, 0) is 5.41 Å². The van der Waals surface area contributed by atoms with Crippen LogP contribution in [0.4, 0.5) is 0 Å². The highest BCUT2D eigenvalue weighted by Gasteiger charge is 2.26. The van der Waals surface area contributed by atoms with Crippen molar-refractivity contribution < 1.29 is 0 Å². The summed E-state index contributed by atoms with van der Waals surface area (Å²) in [5, 5.41) is 0. The van der Waals surface area contributed by atoms with Gasteiger partial charge in [0.05, 0.1) is 0 Å². The fourth-order valence-electron chi connectivity index (χ4n) is 4.20. The minimum atomic E-state index is 0.109. The van der Waals surface area contributed by atoms with Crippen LogP contribution in [0.25, 0.3) is 17.2 Å². The van der Waals surface area contributed by atoms with Crippen LogP contribution in [0.2, 0.25) is 0 Å². The van der Waals surface area contributed by atoms with Gasteiger partial charge in [0.1, 0.15) is 0 Å². The van der Waals surface area contributed by atoms with Gasteiger partial charge in [0.2, 0.25) is 0 Å². The predicted octanol–water partition coefficient (Wildman–Crippen LogP) is 8.65. The quantitative estimate of drug-likeness (QED) is 0.492. The highest BCUT2D eigenvalue weighted by atomic mass is 14.3. The third kappa shape index (κ3) is 4.12. The molecule has 0 aromatic heterocycles. The Hall–Kier alpha value is -1.82. The van der Waals surface area contributed by atoms with Gasteiger partial charge in [-0.3, -0.25) is 0 Å². The molecule has 0 aliphatic heterocycles. The summed E-state index contributed by atoms with van der Waals surface area (Å²) in [4.78, 5) is 0. The summed E-state index contributed by atoms with van der Waals surface area (Å²) < 4.78 is 0. The Morgan fingerprint density at radius 1 is 0.857 bits per heavy atom. The second-order valence-corrected chi connectivity index (χ2v) is 10.1. The molecule has 0 saturated carbocycles. The molecular formula is C28H37. The van der Waals surface area contributed by atoms with Crippen molar-refractivity contribution in [3.05, 3.63) is 70.1 Å². The molecule has 149 valence electrons. The number of hydrogen-bond acceptors (Lipinski definition) is 0. The third-order valence-corrected chi connectivity index (χ3v) is 5.90. The zero-order valence-electron chi connectivity index (χ0n) is 19.1. The largest absolute Gasteiger partial charge is 0.0651 e. The number of hydrogen-bond donors (Lipinski definition) is 0. The number of allylic oxidation sites excluding steroid dienone is 1. The van der Waals surface area contributed by atoms with Crippen molar-refractivity contribution in [1.29, 1.82) is 0 Å². The number of rotatable bonds is 5. The first-order valence-corrected chi connectivity index (χ1v) is 11.0. The lowest BCUT2D eigenvalue weighted by Crippen LogP contribution is -2.14. The molecule has 2 aromatic rings. The Labute approximate surface area is 173 Å². The van der Waals surface area contributed by atoms with E-state index in [0.717, 1.165) is 6.42 Å². The molecule has 0 atom stereocenters. The molecule has 0 bridgehead atoms. The second kappa shape index (κ2) is 7.90. The van der Waals surface area contributed by atoms with E-state index in [9.17, 15) is 0 Å². The summed E-state index contributed by atoms with van der Waals surface area (Å²) in [5.41, 5.74) is 11.5. The van der Waals surface area contributed by atoms with Gasteiger partial charge in [-0.15, -0.1) is 0 Å². The molecule has 2 aromatic carbocycles. The molecule has 1 radical (unpaired) electrons. The highest BCUT2D eigenvalue weighted by molar-refractivity contribution is 5.86. The lowest BCUT2D eigenvalue weighted by atomic mass is 9.78. The Kier molecular flexibility index (Phi) is 5.89. The van der Waals surface area contributed by atoms with Crippen LogP contribution in [0, 0.1) is 6.42 Å². The molecule has 1 aliphatic carbocycles. The molecule has 28 heavy (non-hydrogen) atoms. The van der Waals surface area contributed by atoms with Crippen molar-refractivity contribution in [1.82, 2.24) is 0 Å². The summed E-state index contributed by atoms with van der Waals surface area (Å²) in [6.07, 6.45) is 7.19. The summed E-state index contributed by atoms with van der Waals surface area (Å²) in [6, 6.07) is 12.0. The van der Waals surface area contributed by atoms with Crippen molar-refractivity contribution in [3.8, 4) is 11.1 Å². The lowest BCUT2D eigenvalue weighted by molar-refractivity contribution is 0.592. The lowest BCUT2D eigenvalue weighted by Gasteiger charge is -2.26. The Morgan fingerprint density at radius 2 is 1.46 bits per heavy atom. The molecule has 0 fully saturated rings. The van der Waals surface area contributed by atoms with E-state index in [1.807, 2.05) is 0 Å². The van der Waals surface area contributed by atoms with Crippen molar-refractivity contribution in [2.75, 3.05) is 0 Å². The van der Waals surface area contributed by atoms with Crippen LogP contribution in [0.5, 0.6) is 0 Å². The maximum absolute atomic E-state index is 2.44. The molecule has 0 heterocycles. The fourth-order valence-corrected chi connectivity index (χ4v) is 4.20. The fraction of sp³-hybridized carbons (Fsp3) is 0.464. The normalized spacial score (nSPS) is 14.0. The first-order chi connectivity index (χ1) is 13.1. The van der Waals surface area contributed by atoms with Crippen LogP contribution in [0.15, 0.2) is 35.9 Å². The van der Waals surface area contributed by atoms with Crippen molar-refractivity contribution in [2.45, 2.75) is 85.5 Å². The minimum Gasteiger partial charge on any atom is -0.0651 e. The molecule has 0 heteroatoms. The highest BCUT2D eigenvalue weighted by Crippen LogP contribution is 2.43.